The van der Waals surface area contributed by atoms with Crippen LogP contribution in [0.4, 0.5) is 0 Å². The number of furan rings is 1. The molecule has 3 aromatic heterocycles. The minimum atomic E-state index is -0.449. The number of nitrogens with one attached hydrogen (secondary N) is 1. The van der Waals surface area contributed by atoms with Gasteiger partial charge in [0.25, 0.3) is 5.56 Å². The Balaban J connectivity index is 1.40. The van der Waals surface area contributed by atoms with Crippen LogP contribution in [-0.2, 0) is 6.54 Å². The molecular formula is C21H20N2O6. The molecule has 0 saturated carbocycles. The second-order valence-electron chi connectivity index (χ2n) is 6.89. The Labute approximate surface area is 164 Å². The van der Waals surface area contributed by atoms with E-state index in [4.69, 9.17) is 13.6 Å². The standard InChI is InChI=1S/C21H20N2O6/c1-13-12-23(21(26)22-20(13)25)8-3-2-4-9-27-19-17-15(7-10-28-17)11-14-5-6-16(24)29-18(14)19/h5-7,10-12H,2-4,8-9H2,1H3,(H,22,25,26). The van der Waals surface area contributed by atoms with Crippen molar-refractivity contribution in [2.45, 2.75) is 32.7 Å². The molecule has 0 aliphatic rings. The molecule has 1 N–H and O–H groups in total. The third kappa shape index (κ3) is 3.87. The highest BCUT2D eigenvalue weighted by atomic mass is 16.5. The zero-order valence-electron chi connectivity index (χ0n) is 15.9. The first-order chi connectivity index (χ1) is 14.0. The van der Waals surface area contributed by atoms with Crippen LogP contribution in [0.5, 0.6) is 5.75 Å². The first-order valence-electron chi connectivity index (χ1n) is 9.40. The third-order valence-electron chi connectivity index (χ3n) is 4.76. The normalized spacial score (nSPS) is 11.3. The zero-order valence-corrected chi connectivity index (χ0v) is 15.9. The van der Waals surface area contributed by atoms with Gasteiger partial charge in [-0.15, -0.1) is 0 Å². The molecule has 150 valence electrons. The van der Waals surface area contributed by atoms with Crippen molar-refractivity contribution in [2.75, 3.05) is 6.61 Å². The number of hydrogen-bond acceptors (Lipinski definition) is 6. The van der Waals surface area contributed by atoms with E-state index in [1.54, 1.807) is 25.5 Å². The summed E-state index contributed by atoms with van der Waals surface area (Å²) in [6.45, 7) is 2.59. The molecule has 0 bridgehead atoms. The highest BCUT2D eigenvalue weighted by Crippen LogP contribution is 2.35. The highest BCUT2D eigenvalue weighted by molar-refractivity contribution is 5.99. The second kappa shape index (κ2) is 7.83. The molecule has 0 aliphatic heterocycles. The highest BCUT2D eigenvalue weighted by Gasteiger charge is 2.14. The molecule has 0 radical (unpaired) electrons. The minimum Gasteiger partial charge on any atom is -0.486 e. The minimum absolute atomic E-state index is 0.356. The van der Waals surface area contributed by atoms with E-state index >= 15 is 0 Å². The maximum absolute atomic E-state index is 11.8. The second-order valence-corrected chi connectivity index (χ2v) is 6.89. The van der Waals surface area contributed by atoms with Gasteiger partial charge in [0.15, 0.2) is 11.2 Å². The summed E-state index contributed by atoms with van der Waals surface area (Å²) in [4.78, 5) is 37.1. The van der Waals surface area contributed by atoms with Crippen molar-refractivity contribution in [2.24, 2.45) is 0 Å². The lowest BCUT2D eigenvalue weighted by Crippen LogP contribution is -2.30. The fourth-order valence-electron chi connectivity index (χ4n) is 3.26. The van der Waals surface area contributed by atoms with E-state index in [-0.39, 0.29) is 5.56 Å². The quantitative estimate of drug-likeness (QED) is 0.380. The van der Waals surface area contributed by atoms with Crippen LogP contribution >= 0.6 is 0 Å². The fraction of sp³-hybridized carbons (Fsp3) is 0.286. The lowest BCUT2D eigenvalue weighted by atomic mass is 10.1. The van der Waals surface area contributed by atoms with Crippen molar-refractivity contribution in [1.29, 1.82) is 0 Å². The Bertz CT molecular complexity index is 1340. The van der Waals surface area contributed by atoms with E-state index in [0.717, 1.165) is 30.0 Å². The van der Waals surface area contributed by atoms with E-state index in [0.29, 0.717) is 35.6 Å². The van der Waals surface area contributed by atoms with Gasteiger partial charge in [0, 0.05) is 35.1 Å². The van der Waals surface area contributed by atoms with E-state index < -0.39 is 11.3 Å². The molecule has 29 heavy (non-hydrogen) atoms. The summed E-state index contributed by atoms with van der Waals surface area (Å²) in [5.41, 5.74) is 0.216. The van der Waals surface area contributed by atoms with Crippen molar-refractivity contribution in [3.8, 4) is 5.75 Å². The summed E-state index contributed by atoms with van der Waals surface area (Å²) in [7, 11) is 0. The summed E-state index contributed by atoms with van der Waals surface area (Å²) < 4.78 is 18.3. The number of aromatic nitrogens is 2. The van der Waals surface area contributed by atoms with Gasteiger partial charge in [-0.3, -0.25) is 9.78 Å². The Morgan fingerprint density at radius 1 is 1.03 bits per heavy atom. The summed E-state index contributed by atoms with van der Waals surface area (Å²) in [6.07, 6.45) is 5.46. The predicted molar refractivity (Wildman–Crippen MR) is 108 cm³/mol. The van der Waals surface area contributed by atoms with Crippen LogP contribution in [0.2, 0.25) is 0 Å². The van der Waals surface area contributed by atoms with Crippen molar-refractivity contribution >= 4 is 21.9 Å². The molecule has 8 heteroatoms. The number of aryl methyl sites for hydroxylation is 2. The lowest BCUT2D eigenvalue weighted by Gasteiger charge is -2.09. The number of rotatable bonds is 7. The number of ether oxygens (including phenoxy) is 1. The largest absolute Gasteiger partial charge is 0.486 e. The molecule has 0 saturated heterocycles. The molecule has 0 spiro atoms. The van der Waals surface area contributed by atoms with Gasteiger partial charge in [0.2, 0.25) is 5.75 Å². The summed E-state index contributed by atoms with van der Waals surface area (Å²) in [5, 5.41) is 1.63. The van der Waals surface area contributed by atoms with Crippen molar-refractivity contribution in [3.05, 3.63) is 73.5 Å². The molecular weight excluding hydrogens is 376 g/mol. The molecule has 3 heterocycles. The molecule has 8 nitrogen and oxygen atoms in total. The average Bonchev–Trinajstić information content (AvgIpc) is 3.16. The number of hydrogen-bond donors (Lipinski definition) is 1. The van der Waals surface area contributed by atoms with Crippen molar-refractivity contribution in [3.63, 3.8) is 0 Å². The van der Waals surface area contributed by atoms with Crippen LogP contribution in [-0.4, -0.2) is 16.2 Å². The average molecular weight is 396 g/mol. The Morgan fingerprint density at radius 3 is 2.72 bits per heavy atom. The Hall–Kier alpha value is -3.55. The van der Waals surface area contributed by atoms with E-state index in [1.807, 2.05) is 12.1 Å². The van der Waals surface area contributed by atoms with Crippen molar-refractivity contribution < 1.29 is 13.6 Å². The van der Waals surface area contributed by atoms with E-state index in [9.17, 15) is 14.4 Å². The lowest BCUT2D eigenvalue weighted by molar-refractivity contribution is 0.301. The number of benzene rings is 1. The van der Waals surface area contributed by atoms with Crippen LogP contribution in [0.25, 0.3) is 21.9 Å². The SMILES string of the molecule is Cc1cn(CCCCCOc2c3occc3cc3ccc(=O)oc23)c(=O)[nH]c1=O. The molecule has 1 aromatic carbocycles. The topological polar surface area (TPSA) is 107 Å². The maximum Gasteiger partial charge on any atom is 0.336 e. The molecule has 4 aromatic rings. The van der Waals surface area contributed by atoms with Crippen molar-refractivity contribution in [1.82, 2.24) is 9.55 Å². The van der Waals surface area contributed by atoms with Crippen LogP contribution in [0.3, 0.4) is 0 Å². The number of nitrogens with zero attached hydrogens (tertiary/aromatic N) is 1. The Kier molecular flexibility index (Phi) is 5.07. The van der Waals surface area contributed by atoms with Crippen LogP contribution in [0, 0.1) is 6.92 Å². The van der Waals surface area contributed by atoms with Gasteiger partial charge in [-0.25, -0.2) is 9.59 Å². The first kappa shape index (κ1) is 18.8. The summed E-state index contributed by atoms with van der Waals surface area (Å²) in [5.74, 6) is 0.424. The van der Waals surface area contributed by atoms with Crippen LogP contribution < -0.4 is 21.6 Å². The molecule has 0 fully saturated rings. The van der Waals surface area contributed by atoms with Crippen LogP contribution in [0.1, 0.15) is 24.8 Å². The number of aromatic amines is 1. The Morgan fingerprint density at radius 2 is 1.86 bits per heavy atom. The molecule has 4 rings (SSSR count). The zero-order chi connectivity index (χ0) is 20.4. The van der Waals surface area contributed by atoms with Gasteiger partial charge in [0.05, 0.1) is 12.9 Å². The molecule has 0 aliphatic carbocycles. The third-order valence-corrected chi connectivity index (χ3v) is 4.76. The summed E-state index contributed by atoms with van der Waals surface area (Å²) >= 11 is 0. The van der Waals surface area contributed by atoms with Crippen LogP contribution in [0.15, 0.2) is 59.9 Å². The number of unbranched alkanes of at least 4 members (excludes halogenated alkanes) is 2. The molecule has 0 amide bonds. The molecule has 0 atom stereocenters. The van der Waals surface area contributed by atoms with Gasteiger partial charge >= 0.3 is 11.3 Å². The first-order valence-corrected chi connectivity index (χ1v) is 9.40. The van der Waals surface area contributed by atoms with Gasteiger partial charge < -0.3 is 18.1 Å². The fourth-order valence-corrected chi connectivity index (χ4v) is 3.26. The van der Waals surface area contributed by atoms with E-state index in [1.165, 1.54) is 10.6 Å². The number of fused-ring (bicyclic) bond motifs is 2. The number of H-pyrrole nitrogens is 1. The van der Waals surface area contributed by atoms with Gasteiger partial charge in [-0.2, -0.15) is 0 Å². The maximum atomic E-state index is 11.8. The van der Waals surface area contributed by atoms with Gasteiger partial charge in [0.1, 0.15) is 0 Å². The van der Waals surface area contributed by atoms with Gasteiger partial charge in [-0.1, -0.05) is 0 Å². The smallest absolute Gasteiger partial charge is 0.336 e. The summed E-state index contributed by atoms with van der Waals surface area (Å²) in [6, 6.07) is 6.79. The monoisotopic (exact) mass is 396 g/mol. The van der Waals surface area contributed by atoms with Gasteiger partial charge in [-0.05, 0) is 44.4 Å². The molecule has 0 unspecified atom stereocenters. The predicted octanol–water partition coefficient (Wildman–Crippen LogP) is 2.95. The van der Waals surface area contributed by atoms with E-state index in [2.05, 4.69) is 4.98 Å².